The van der Waals surface area contributed by atoms with E-state index in [-0.39, 0.29) is 11.8 Å². The van der Waals surface area contributed by atoms with Crippen LogP contribution in [-0.4, -0.2) is 66.6 Å². The van der Waals surface area contributed by atoms with Crippen molar-refractivity contribution in [1.82, 2.24) is 15.1 Å². The summed E-state index contributed by atoms with van der Waals surface area (Å²) in [6.45, 7) is 6.10. The summed E-state index contributed by atoms with van der Waals surface area (Å²) in [6, 6.07) is 7.98. The molecule has 24 heavy (non-hydrogen) atoms. The molecule has 0 atom stereocenters. The fourth-order valence-corrected chi connectivity index (χ4v) is 3.51. The first-order valence-electron chi connectivity index (χ1n) is 8.23. The third-order valence-corrected chi connectivity index (χ3v) is 5.37. The summed E-state index contributed by atoms with van der Waals surface area (Å²) in [7, 11) is 0. The van der Waals surface area contributed by atoms with Crippen molar-refractivity contribution < 1.29 is 9.59 Å². The van der Waals surface area contributed by atoms with Crippen LogP contribution in [0.15, 0.2) is 33.6 Å². The van der Waals surface area contributed by atoms with E-state index in [1.165, 1.54) is 0 Å². The second-order valence-corrected chi connectivity index (χ2v) is 7.71. The Kier molecular flexibility index (Phi) is 8.08. The number of amides is 2. The Labute approximate surface area is 156 Å². The van der Waals surface area contributed by atoms with Crippen molar-refractivity contribution in [2.75, 3.05) is 45.0 Å². The van der Waals surface area contributed by atoms with E-state index >= 15 is 0 Å². The molecule has 1 aromatic rings. The molecule has 1 aliphatic heterocycles. The molecule has 1 aliphatic rings. The summed E-state index contributed by atoms with van der Waals surface area (Å²) in [5.41, 5.74) is 0. The Bertz CT molecular complexity index is 545. The van der Waals surface area contributed by atoms with Gasteiger partial charge in [0.1, 0.15) is 0 Å². The topological polar surface area (TPSA) is 52.7 Å². The largest absolute Gasteiger partial charge is 0.355 e. The minimum absolute atomic E-state index is 0.0717. The highest BCUT2D eigenvalue weighted by Gasteiger charge is 2.22. The van der Waals surface area contributed by atoms with Gasteiger partial charge < -0.3 is 10.2 Å². The van der Waals surface area contributed by atoms with Gasteiger partial charge in [-0.3, -0.25) is 14.5 Å². The molecule has 1 fully saturated rings. The number of carbonyl (C=O) groups excluding carboxylic acids is 2. The van der Waals surface area contributed by atoms with E-state index in [4.69, 9.17) is 0 Å². The van der Waals surface area contributed by atoms with Crippen molar-refractivity contribution in [3.05, 3.63) is 28.7 Å². The lowest BCUT2D eigenvalue weighted by Crippen LogP contribution is -2.51. The molecule has 1 heterocycles. The standard InChI is InChI=1S/C17H24BrN3O2S/c1-2-7-19-16(22)12-20-8-10-21(11-9-20)17(23)13-24-15-5-3-14(18)4-6-15/h3-6H,2,7-13H2,1H3,(H,19,22). The molecule has 0 radical (unpaired) electrons. The van der Waals surface area contributed by atoms with Crippen LogP contribution in [0.3, 0.4) is 0 Å². The number of nitrogens with one attached hydrogen (secondary N) is 1. The predicted octanol–water partition coefficient (Wildman–Crippen LogP) is 2.21. The van der Waals surface area contributed by atoms with Gasteiger partial charge in [0.15, 0.2) is 0 Å². The number of piperazine rings is 1. The zero-order chi connectivity index (χ0) is 17.4. The number of benzene rings is 1. The van der Waals surface area contributed by atoms with Crippen LogP contribution in [0.2, 0.25) is 0 Å². The quantitative estimate of drug-likeness (QED) is 0.696. The molecular weight excluding hydrogens is 390 g/mol. The summed E-state index contributed by atoms with van der Waals surface area (Å²) >= 11 is 4.97. The van der Waals surface area contributed by atoms with Crippen LogP contribution in [0, 0.1) is 0 Å². The van der Waals surface area contributed by atoms with E-state index in [9.17, 15) is 9.59 Å². The summed E-state index contributed by atoms with van der Waals surface area (Å²) < 4.78 is 1.04. The number of nitrogens with zero attached hydrogens (tertiary/aromatic N) is 2. The van der Waals surface area contributed by atoms with Gasteiger partial charge in [-0.15, -0.1) is 11.8 Å². The molecule has 0 aliphatic carbocycles. The summed E-state index contributed by atoms with van der Waals surface area (Å²) in [4.78, 5) is 29.1. The van der Waals surface area contributed by atoms with Crippen LogP contribution < -0.4 is 5.32 Å². The van der Waals surface area contributed by atoms with Crippen LogP contribution in [0.5, 0.6) is 0 Å². The lowest BCUT2D eigenvalue weighted by atomic mass is 10.3. The van der Waals surface area contributed by atoms with Crippen molar-refractivity contribution in [3.8, 4) is 0 Å². The predicted molar refractivity (Wildman–Crippen MR) is 101 cm³/mol. The monoisotopic (exact) mass is 413 g/mol. The second kappa shape index (κ2) is 10.1. The molecular formula is C17H24BrN3O2S. The average molecular weight is 414 g/mol. The summed E-state index contributed by atoms with van der Waals surface area (Å²) in [5.74, 6) is 0.693. The molecule has 0 unspecified atom stereocenters. The zero-order valence-electron chi connectivity index (χ0n) is 14.0. The highest BCUT2D eigenvalue weighted by atomic mass is 79.9. The minimum atomic E-state index is 0.0717. The Morgan fingerprint density at radius 1 is 1.17 bits per heavy atom. The maximum atomic E-state index is 12.3. The molecule has 0 saturated carbocycles. The fraction of sp³-hybridized carbons (Fsp3) is 0.529. The first kappa shape index (κ1) is 19.3. The molecule has 2 amide bonds. The van der Waals surface area contributed by atoms with Crippen molar-refractivity contribution in [1.29, 1.82) is 0 Å². The Morgan fingerprint density at radius 3 is 2.46 bits per heavy atom. The van der Waals surface area contributed by atoms with Gasteiger partial charge in [-0.25, -0.2) is 0 Å². The highest BCUT2D eigenvalue weighted by Crippen LogP contribution is 2.21. The highest BCUT2D eigenvalue weighted by molar-refractivity contribution is 9.10. The number of halogens is 1. The molecule has 0 spiro atoms. The van der Waals surface area contributed by atoms with E-state index in [2.05, 4.69) is 26.1 Å². The van der Waals surface area contributed by atoms with Crippen LogP contribution >= 0.6 is 27.7 Å². The normalized spacial score (nSPS) is 15.3. The van der Waals surface area contributed by atoms with Gasteiger partial charge in [0.25, 0.3) is 0 Å². The number of hydrogen-bond donors (Lipinski definition) is 1. The van der Waals surface area contributed by atoms with Gasteiger partial charge in [0, 0.05) is 42.1 Å². The first-order valence-corrected chi connectivity index (χ1v) is 10.0. The summed E-state index contributed by atoms with van der Waals surface area (Å²) in [6.07, 6.45) is 0.948. The van der Waals surface area contributed by atoms with Gasteiger partial charge in [0.05, 0.1) is 12.3 Å². The van der Waals surface area contributed by atoms with Crippen molar-refractivity contribution >= 4 is 39.5 Å². The molecule has 132 valence electrons. The van der Waals surface area contributed by atoms with Crippen LogP contribution in [-0.2, 0) is 9.59 Å². The van der Waals surface area contributed by atoms with Gasteiger partial charge in [-0.05, 0) is 30.7 Å². The Morgan fingerprint density at radius 2 is 1.83 bits per heavy atom. The van der Waals surface area contributed by atoms with E-state index < -0.39 is 0 Å². The third-order valence-electron chi connectivity index (χ3n) is 3.84. The molecule has 7 heteroatoms. The van der Waals surface area contributed by atoms with Gasteiger partial charge in [-0.2, -0.15) is 0 Å². The Balaban J connectivity index is 1.68. The smallest absolute Gasteiger partial charge is 0.234 e. The molecule has 2 rings (SSSR count). The second-order valence-electron chi connectivity index (χ2n) is 5.75. The van der Waals surface area contributed by atoms with E-state index in [1.54, 1.807) is 11.8 Å². The van der Waals surface area contributed by atoms with E-state index in [0.717, 1.165) is 35.4 Å². The zero-order valence-corrected chi connectivity index (χ0v) is 16.4. The SMILES string of the molecule is CCCNC(=O)CN1CCN(C(=O)CSc2ccc(Br)cc2)CC1. The molecule has 1 N–H and O–H groups in total. The van der Waals surface area contributed by atoms with Crippen LogP contribution in [0.4, 0.5) is 0 Å². The minimum Gasteiger partial charge on any atom is -0.355 e. The molecule has 5 nitrogen and oxygen atoms in total. The van der Waals surface area contributed by atoms with Crippen LogP contribution in [0.1, 0.15) is 13.3 Å². The fourth-order valence-electron chi connectivity index (χ4n) is 2.45. The summed E-state index contributed by atoms with van der Waals surface area (Å²) in [5, 5.41) is 2.89. The van der Waals surface area contributed by atoms with Gasteiger partial charge in [-0.1, -0.05) is 22.9 Å². The average Bonchev–Trinajstić information content (AvgIpc) is 2.60. The van der Waals surface area contributed by atoms with Crippen molar-refractivity contribution in [3.63, 3.8) is 0 Å². The van der Waals surface area contributed by atoms with Crippen molar-refractivity contribution in [2.45, 2.75) is 18.2 Å². The van der Waals surface area contributed by atoms with E-state index in [0.29, 0.717) is 25.4 Å². The number of rotatable bonds is 7. The van der Waals surface area contributed by atoms with Crippen molar-refractivity contribution in [2.24, 2.45) is 0 Å². The molecule has 0 aromatic heterocycles. The maximum Gasteiger partial charge on any atom is 0.234 e. The first-order chi connectivity index (χ1) is 11.6. The lowest BCUT2D eigenvalue weighted by Gasteiger charge is -2.34. The number of thioether (sulfide) groups is 1. The van der Waals surface area contributed by atoms with Gasteiger partial charge >= 0.3 is 0 Å². The maximum absolute atomic E-state index is 12.3. The van der Waals surface area contributed by atoms with E-state index in [1.807, 2.05) is 36.1 Å². The van der Waals surface area contributed by atoms with Gasteiger partial charge in [0.2, 0.25) is 11.8 Å². The Hall–Kier alpha value is -1.05. The lowest BCUT2D eigenvalue weighted by molar-refractivity contribution is -0.130. The number of hydrogen-bond acceptors (Lipinski definition) is 4. The third kappa shape index (κ3) is 6.45. The van der Waals surface area contributed by atoms with Crippen LogP contribution in [0.25, 0.3) is 0 Å². The number of carbonyl (C=O) groups is 2. The molecule has 1 aromatic carbocycles. The molecule has 0 bridgehead atoms. The molecule has 1 saturated heterocycles.